The summed E-state index contributed by atoms with van der Waals surface area (Å²) in [7, 11) is 2.68. The molecule has 0 saturated heterocycles. The summed E-state index contributed by atoms with van der Waals surface area (Å²) in [5, 5.41) is 23.3. The van der Waals surface area contributed by atoms with Crippen LogP contribution >= 0.6 is 21.6 Å². The lowest BCUT2D eigenvalue weighted by Crippen LogP contribution is -2.41. The van der Waals surface area contributed by atoms with Crippen LogP contribution in [0, 0.1) is 0 Å². The van der Waals surface area contributed by atoms with Crippen LogP contribution in [0.3, 0.4) is 0 Å². The fourth-order valence-electron chi connectivity index (χ4n) is 2.78. The lowest BCUT2D eigenvalue weighted by Gasteiger charge is -2.15. The SMILES string of the molecule is O=C(NC(CCSSCCC(NC(=O)OCc1ccccc1)C(=O)O)C(=O)O)OCc1ccccc1. The topological polar surface area (TPSA) is 151 Å². The van der Waals surface area contributed by atoms with E-state index in [0.717, 1.165) is 11.1 Å². The molecule has 2 amide bonds. The molecular weight excluding hydrogens is 508 g/mol. The number of alkyl carbamates (subject to hydrolysis) is 2. The van der Waals surface area contributed by atoms with Crippen LogP contribution in [0.15, 0.2) is 60.7 Å². The first-order chi connectivity index (χ1) is 17.3. The summed E-state index contributed by atoms with van der Waals surface area (Å²) in [6.45, 7) is 0.0599. The zero-order valence-corrected chi connectivity index (χ0v) is 21.0. The highest BCUT2D eigenvalue weighted by atomic mass is 33.1. The molecule has 2 atom stereocenters. The molecule has 36 heavy (non-hydrogen) atoms. The van der Waals surface area contributed by atoms with Gasteiger partial charge in [-0.3, -0.25) is 0 Å². The van der Waals surface area contributed by atoms with Gasteiger partial charge in [0.2, 0.25) is 0 Å². The Labute approximate surface area is 216 Å². The fraction of sp³-hybridized carbons (Fsp3) is 0.333. The van der Waals surface area contributed by atoms with E-state index in [1.807, 2.05) is 12.1 Å². The van der Waals surface area contributed by atoms with Gasteiger partial charge in [0, 0.05) is 11.5 Å². The van der Waals surface area contributed by atoms with Gasteiger partial charge in [0.15, 0.2) is 0 Å². The summed E-state index contributed by atoms with van der Waals surface area (Å²) in [6, 6.07) is 15.8. The molecule has 0 aromatic heterocycles. The van der Waals surface area contributed by atoms with E-state index in [1.165, 1.54) is 21.6 Å². The third-order valence-corrected chi connectivity index (χ3v) is 7.14. The second kappa shape index (κ2) is 16.3. The summed E-state index contributed by atoms with van der Waals surface area (Å²) >= 11 is 0. The van der Waals surface area contributed by atoms with Crippen molar-refractivity contribution in [2.45, 2.75) is 38.1 Å². The van der Waals surface area contributed by atoms with E-state index < -0.39 is 36.2 Å². The third-order valence-electron chi connectivity index (χ3n) is 4.67. The molecule has 0 heterocycles. The van der Waals surface area contributed by atoms with Crippen molar-refractivity contribution in [1.82, 2.24) is 10.6 Å². The highest BCUT2D eigenvalue weighted by Gasteiger charge is 2.22. The second-order valence-electron chi connectivity index (χ2n) is 7.42. The average molecular weight is 537 g/mol. The van der Waals surface area contributed by atoms with Crippen LogP contribution in [-0.4, -0.2) is 57.9 Å². The molecule has 2 unspecified atom stereocenters. The highest BCUT2D eigenvalue weighted by Crippen LogP contribution is 2.24. The highest BCUT2D eigenvalue weighted by molar-refractivity contribution is 8.76. The van der Waals surface area contributed by atoms with Crippen molar-refractivity contribution in [3.8, 4) is 0 Å². The first-order valence-electron chi connectivity index (χ1n) is 11.0. The molecule has 12 heteroatoms. The van der Waals surface area contributed by atoms with E-state index in [1.54, 1.807) is 48.5 Å². The summed E-state index contributed by atoms with van der Waals surface area (Å²) in [6.07, 6.45) is -1.34. The zero-order chi connectivity index (χ0) is 26.2. The summed E-state index contributed by atoms with van der Waals surface area (Å²) in [5.41, 5.74) is 1.56. The number of carboxylic acid groups (broad SMARTS) is 2. The molecule has 2 aromatic rings. The lowest BCUT2D eigenvalue weighted by molar-refractivity contribution is -0.140. The lowest BCUT2D eigenvalue weighted by atomic mass is 10.2. The Bertz CT molecular complexity index is 899. The number of benzene rings is 2. The molecule has 0 aliphatic heterocycles. The predicted octanol–water partition coefficient (Wildman–Crippen LogP) is 3.91. The Morgan fingerprint density at radius 2 is 1.03 bits per heavy atom. The fourth-order valence-corrected chi connectivity index (χ4v) is 4.96. The minimum absolute atomic E-state index is 0.0300. The first-order valence-corrected chi connectivity index (χ1v) is 13.5. The van der Waals surface area contributed by atoms with Crippen molar-refractivity contribution in [3.63, 3.8) is 0 Å². The van der Waals surface area contributed by atoms with Crippen LogP contribution < -0.4 is 10.6 Å². The zero-order valence-electron chi connectivity index (χ0n) is 19.3. The van der Waals surface area contributed by atoms with E-state index in [-0.39, 0.29) is 26.1 Å². The number of nitrogens with one attached hydrogen (secondary N) is 2. The number of hydrogen-bond acceptors (Lipinski definition) is 8. The Hall–Kier alpha value is -3.38. The first kappa shape index (κ1) is 28.9. The van der Waals surface area contributed by atoms with Crippen LogP contribution in [0.4, 0.5) is 9.59 Å². The van der Waals surface area contributed by atoms with Crippen LogP contribution in [0.1, 0.15) is 24.0 Å². The van der Waals surface area contributed by atoms with Gasteiger partial charge in [-0.15, -0.1) is 0 Å². The van der Waals surface area contributed by atoms with Crippen molar-refractivity contribution < 1.29 is 38.9 Å². The quantitative estimate of drug-likeness (QED) is 0.195. The summed E-state index contributed by atoms with van der Waals surface area (Å²) in [5.74, 6) is -1.57. The molecule has 0 aliphatic rings. The summed E-state index contributed by atoms with van der Waals surface area (Å²) < 4.78 is 10.1. The van der Waals surface area contributed by atoms with Crippen LogP contribution in [0.5, 0.6) is 0 Å². The third kappa shape index (κ3) is 11.8. The van der Waals surface area contributed by atoms with Crippen molar-refractivity contribution in [2.75, 3.05) is 11.5 Å². The van der Waals surface area contributed by atoms with E-state index in [4.69, 9.17) is 9.47 Å². The van der Waals surface area contributed by atoms with Gasteiger partial charge in [0.05, 0.1) is 0 Å². The van der Waals surface area contributed by atoms with E-state index in [0.29, 0.717) is 11.5 Å². The molecule has 0 aliphatic carbocycles. The van der Waals surface area contributed by atoms with Crippen molar-refractivity contribution in [2.24, 2.45) is 0 Å². The Balaban J connectivity index is 1.62. The van der Waals surface area contributed by atoms with E-state index >= 15 is 0 Å². The minimum Gasteiger partial charge on any atom is -0.480 e. The second-order valence-corrected chi connectivity index (χ2v) is 10.1. The van der Waals surface area contributed by atoms with Crippen molar-refractivity contribution in [1.29, 1.82) is 0 Å². The number of aliphatic carboxylic acids is 2. The molecule has 2 aromatic carbocycles. The van der Waals surface area contributed by atoms with E-state index in [9.17, 15) is 29.4 Å². The molecule has 0 saturated carbocycles. The number of amides is 2. The maximum atomic E-state index is 11.9. The maximum Gasteiger partial charge on any atom is 0.408 e. The molecule has 0 bridgehead atoms. The number of carboxylic acids is 2. The van der Waals surface area contributed by atoms with E-state index in [2.05, 4.69) is 10.6 Å². The molecule has 0 spiro atoms. The van der Waals surface area contributed by atoms with Crippen LogP contribution in [0.2, 0.25) is 0 Å². The molecular formula is C24H28N2O8S2. The maximum absolute atomic E-state index is 11.9. The Morgan fingerprint density at radius 3 is 1.36 bits per heavy atom. The normalized spacial score (nSPS) is 12.1. The molecule has 0 fully saturated rings. The van der Waals surface area contributed by atoms with Crippen molar-refractivity contribution >= 4 is 45.7 Å². The summed E-state index contributed by atoms with van der Waals surface area (Å²) in [4.78, 5) is 46.7. The molecule has 194 valence electrons. The van der Waals surface area contributed by atoms with Gasteiger partial charge in [0.25, 0.3) is 0 Å². The number of ether oxygens (including phenoxy) is 2. The van der Waals surface area contributed by atoms with Crippen molar-refractivity contribution in [3.05, 3.63) is 71.8 Å². The van der Waals surface area contributed by atoms with Gasteiger partial charge >= 0.3 is 24.1 Å². The predicted molar refractivity (Wildman–Crippen MR) is 137 cm³/mol. The van der Waals surface area contributed by atoms with Crippen LogP contribution in [0.25, 0.3) is 0 Å². The van der Waals surface area contributed by atoms with Gasteiger partial charge in [-0.2, -0.15) is 0 Å². The van der Waals surface area contributed by atoms with Gasteiger partial charge in [-0.05, 0) is 24.0 Å². The van der Waals surface area contributed by atoms with Gasteiger partial charge < -0.3 is 30.3 Å². The monoisotopic (exact) mass is 536 g/mol. The minimum atomic E-state index is -1.18. The molecule has 4 N–H and O–H groups in total. The van der Waals surface area contributed by atoms with Gasteiger partial charge in [-0.1, -0.05) is 82.3 Å². The number of rotatable bonds is 15. The Kier molecular flexibility index (Phi) is 13.1. The number of carbonyl (C=O) groups excluding carboxylic acids is 2. The Morgan fingerprint density at radius 1 is 0.667 bits per heavy atom. The standard InChI is InChI=1S/C24H28N2O8S2/c27-21(28)19(25-23(31)33-15-17-7-3-1-4-8-17)11-13-35-36-14-12-20(22(29)30)26-24(32)34-16-18-9-5-2-6-10-18/h1-10,19-20H,11-16H2,(H,25,31)(H,26,32)(H,27,28)(H,29,30). The smallest absolute Gasteiger partial charge is 0.408 e. The molecule has 0 radical (unpaired) electrons. The number of carbonyl (C=O) groups is 4. The number of hydrogen-bond donors (Lipinski definition) is 4. The van der Waals surface area contributed by atoms with Gasteiger partial charge in [-0.25, -0.2) is 19.2 Å². The largest absolute Gasteiger partial charge is 0.480 e. The van der Waals surface area contributed by atoms with Crippen LogP contribution in [-0.2, 0) is 32.3 Å². The molecule has 2 rings (SSSR count). The molecule has 10 nitrogen and oxygen atoms in total. The average Bonchev–Trinajstić information content (AvgIpc) is 2.87. The van der Waals surface area contributed by atoms with Gasteiger partial charge in [0.1, 0.15) is 25.3 Å².